The zero-order valence-electron chi connectivity index (χ0n) is 12.6. The lowest BCUT2D eigenvalue weighted by Gasteiger charge is -2.26. The number of aromatic nitrogens is 1. The molecule has 1 N–H and O–H groups in total. The molecule has 1 heteroatoms. The fourth-order valence-corrected chi connectivity index (χ4v) is 2.87. The first-order chi connectivity index (χ1) is 9.50. The Labute approximate surface area is 120 Å². The van der Waals surface area contributed by atoms with Crippen molar-refractivity contribution in [1.82, 2.24) is 4.98 Å². The van der Waals surface area contributed by atoms with Crippen molar-refractivity contribution in [2.75, 3.05) is 0 Å². The smallest absolute Gasteiger partial charge is 0.0458 e. The highest BCUT2D eigenvalue weighted by molar-refractivity contribution is 5.85. The van der Waals surface area contributed by atoms with Crippen LogP contribution in [0, 0.1) is 13.8 Å². The van der Waals surface area contributed by atoms with E-state index in [1.54, 1.807) is 0 Å². The summed E-state index contributed by atoms with van der Waals surface area (Å²) < 4.78 is 0. The van der Waals surface area contributed by atoms with Crippen LogP contribution >= 0.6 is 0 Å². The van der Waals surface area contributed by atoms with Gasteiger partial charge in [-0.1, -0.05) is 50.2 Å². The molecule has 0 saturated carbocycles. The second-order valence-electron chi connectivity index (χ2n) is 6.13. The lowest BCUT2D eigenvalue weighted by atomic mass is 9.78. The van der Waals surface area contributed by atoms with E-state index in [4.69, 9.17) is 0 Å². The van der Waals surface area contributed by atoms with Gasteiger partial charge in [-0.05, 0) is 42.7 Å². The summed E-state index contributed by atoms with van der Waals surface area (Å²) in [6, 6.07) is 17.5. The lowest BCUT2D eigenvalue weighted by molar-refractivity contribution is 0.642. The molecular formula is C19H21N. The number of fused-ring (bicyclic) bond motifs is 1. The van der Waals surface area contributed by atoms with Gasteiger partial charge < -0.3 is 4.98 Å². The number of rotatable bonds is 2. The molecule has 0 aliphatic carbocycles. The Bertz CT molecular complexity index is 748. The van der Waals surface area contributed by atoms with Gasteiger partial charge >= 0.3 is 0 Å². The van der Waals surface area contributed by atoms with E-state index in [9.17, 15) is 0 Å². The largest absolute Gasteiger partial charge is 0.358 e. The van der Waals surface area contributed by atoms with Gasteiger partial charge in [-0.15, -0.1) is 0 Å². The average molecular weight is 263 g/mol. The van der Waals surface area contributed by atoms with Crippen molar-refractivity contribution in [3.63, 3.8) is 0 Å². The number of aromatic amines is 1. The van der Waals surface area contributed by atoms with Crippen molar-refractivity contribution in [2.45, 2.75) is 33.1 Å². The van der Waals surface area contributed by atoms with Crippen LogP contribution in [0.5, 0.6) is 0 Å². The molecule has 0 aliphatic rings. The van der Waals surface area contributed by atoms with Crippen LogP contribution in [0.1, 0.15) is 36.2 Å². The highest BCUT2D eigenvalue weighted by Crippen LogP contribution is 2.34. The number of aryl methyl sites for hydroxylation is 2. The molecule has 20 heavy (non-hydrogen) atoms. The van der Waals surface area contributed by atoms with E-state index in [1.807, 2.05) is 0 Å². The molecule has 1 aromatic heterocycles. The molecule has 3 aromatic rings. The molecule has 0 radical (unpaired) electrons. The van der Waals surface area contributed by atoms with Crippen LogP contribution in [-0.2, 0) is 5.41 Å². The van der Waals surface area contributed by atoms with Crippen LogP contribution in [-0.4, -0.2) is 4.98 Å². The van der Waals surface area contributed by atoms with Crippen molar-refractivity contribution in [2.24, 2.45) is 0 Å². The maximum absolute atomic E-state index is 3.45. The summed E-state index contributed by atoms with van der Waals surface area (Å²) in [5, 5.41) is 1.34. The second kappa shape index (κ2) is 4.52. The van der Waals surface area contributed by atoms with E-state index >= 15 is 0 Å². The van der Waals surface area contributed by atoms with Gasteiger partial charge in [0.25, 0.3) is 0 Å². The lowest BCUT2D eigenvalue weighted by Crippen LogP contribution is -2.18. The predicted molar refractivity (Wildman–Crippen MR) is 86.3 cm³/mol. The van der Waals surface area contributed by atoms with Crippen LogP contribution in [0.25, 0.3) is 10.9 Å². The van der Waals surface area contributed by atoms with Crippen LogP contribution in [0.4, 0.5) is 0 Å². The van der Waals surface area contributed by atoms with Crippen molar-refractivity contribution in [3.8, 4) is 0 Å². The van der Waals surface area contributed by atoms with E-state index in [0.29, 0.717) is 0 Å². The molecule has 0 bridgehead atoms. The zero-order valence-corrected chi connectivity index (χ0v) is 12.6. The highest BCUT2D eigenvalue weighted by atomic mass is 14.7. The molecule has 3 rings (SSSR count). The quantitative estimate of drug-likeness (QED) is 0.661. The Morgan fingerprint density at radius 3 is 2.25 bits per heavy atom. The molecule has 0 unspecified atom stereocenters. The molecule has 0 aliphatic heterocycles. The third-order valence-electron chi connectivity index (χ3n) is 4.53. The zero-order chi connectivity index (χ0) is 14.3. The molecule has 1 nitrogen and oxygen atoms in total. The number of hydrogen-bond acceptors (Lipinski definition) is 0. The van der Waals surface area contributed by atoms with Gasteiger partial charge in [-0.3, -0.25) is 0 Å². The van der Waals surface area contributed by atoms with Gasteiger partial charge in [0.05, 0.1) is 0 Å². The summed E-state index contributed by atoms with van der Waals surface area (Å²) in [5.41, 5.74) is 6.57. The van der Waals surface area contributed by atoms with Gasteiger partial charge in [0.2, 0.25) is 0 Å². The van der Waals surface area contributed by atoms with E-state index in [1.165, 1.54) is 33.3 Å². The van der Waals surface area contributed by atoms with E-state index in [2.05, 4.69) is 81.2 Å². The number of H-pyrrole nitrogens is 1. The van der Waals surface area contributed by atoms with Gasteiger partial charge in [0.1, 0.15) is 0 Å². The van der Waals surface area contributed by atoms with Gasteiger partial charge in [0.15, 0.2) is 0 Å². The third kappa shape index (κ3) is 1.94. The van der Waals surface area contributed by atoms with Crippen molar-refractivity contribution in [1.29, 1.82) is 0 Å². The minimum atomic E-state index is 0.0209. The number of hydrogen-bond donors (Lipinski definition) is 1. The Morgan fingerprint density at radius 1 is 0.850 bits per heavy atom. The predicted octanol–water partition coefficient (Wildman–Crippen LogP) is 5.11. The third-order valence-corrected chi connectivity index (χ3v) is 4.53. The summed E-state index contributed by atoms with van der Waals surface area (Å²) in [6.07, 6.45) is 0. The fourth-order valence-electron chi connectivity index (χ4n) is 2.87. The molecule has 0 atom stereocenters. The van der Waals surface area contributed by atoms with E-state index in [0.717, 1.165) is 0 Å². The molecule has 0 spiro atoms. The van der Waals surface area contributed by atoms with E-state index in [-0.39, 0.29) is 5.41 Å². The average Bonchev–Trinajstić information content (AvgIpc) is 2.75. The van der Waals surface area contributed by atoms with Gasteiger partial charge in [-0.25, -0.2) is 0 Å². The number of benzene rings is 2. The fraction of sp³-hybridized carbons (Fsp3) is 0.263. The van der Waals surface area contributed by atoms with Crippen LogP contribution < -0.4 is 0 Å². The summed E-state index contributed by atoms with van der Waals surface area (Å²) in [7, 11) is 0. The SMILES string of the molecule is Cc1[nH]c2ccc(C(C)(C)c3ccccc3)cc2c1C. The Balaban J connectivity index is 2.16. The summed E-state index contributed by atoms with van der Waals surface area (Å²) >= 11 is 0. The van der Waals surface area contributed by atoms with Crippen LogP contribution in [0.15, 0.2) is 48.5 Å². The molecule has 1 heterocycles. The second-order valence-corrected chi connectivity index (χ2v) is 6.13. The van der Waals surface area contributed by atoms with Crippen LogP contribution in [0.2, 0.25) is 0 Å². The highest BCUT2D eigenvalue weighted by Gasteiger charge is 2.23. The first kappa shape index (κ1) is 13.0. The van der Waals surface area contributed by atoms with Crippen molar-refractivity contribution < 1.29 is 0 Å². The molecule has 0 fully saturated rings. The molecule has 2 aromatic carbocycles. The summed E-state index contributed by atoms with van der Waals surface area (Å²) in [5.74, 6) is 0. The van der Waals surface area contributed by atoms with Crippen LogP contribution in [0.3, 0.4) is 0 Å². The summed E-state index contributed by atoms with van der Waals surface area (Å²) in [6.45, 7) is 8.90. The van der Waals surface area contributed by atoms with Gasteiger partial charge in [-0.2, -0.15) is 0 Å². The number of nitrogens with one attached hydrogen (secondary N) is 1. The van der Waals surface area contributed by atoms with Crippen molar-refractivity contribution >= 4 is 10.9 Å². The Morgan fingerprint density at radius 2 is 1.55 bits per heavy atom. The Kier molecular flexibility index (Phi) is 2.93. The monoisotopic (exact) mass is 263 g/mol. The summed E-state index contributed by atoms with van der Waals surface area (Å²) in [4.78, 5) is 3.45. The maximum atomic E-state index is 3.45. The normalized spacial score (nSPS) is 12.0. The Hall–Kier alpha value is -2.02. The standard InChI is InChI=1S/C19H21N/c1-13-14(2)20-18-11-10-16(12-17(13)18)19(3,4)15-8-6-5-7-9-15/h5-12,20H,1-4H3. The molecule has 0 amide bonds. The van der Waals surface area contributed by atoms with Gasteiger partial charge in [0, 0.05) is 22.0 Å². The minimum absolute atomic E-state index is 0.0209. The van der Waals surface area contributed by atoms with Crippen molar-refractivity contribution in [3.05, 3.63) is 70.9 Å². The molecule has 0 saturated heterocycles. The topological polar surface area (TPSA) is 15.8 Å². The first-order valence-electron chi connectivity index (χ1n) is 7.15. The maximum Gasteiger partial charge on any atom is 0.0458 e. The van der Waals surface area contributed by atoms with E-state index < -0.39 is 0 Å². The molecule has 102 valence electrons. The first-order valence-corrected chi connectivity index (χ1v) is 7.15. The molecular weight excluding hydrogens is 242 g/mol. The minimum Gasteiger partial charge on any atom is -0.358 e.